The Morgan fingerprint density at radius 1 is 1.05 bits per heavy atom. The number of nitrogens with two attached hydrogens (primary N) is 2. The largest absolute Gasteiger partial charge is 0.357 e. The van der Waals surface area contributed by atoms with E-state index >= 15 is 0 Å². The molecule has 0 unspecified atom stereocenters. The van der Waals surface area contributed by atoms with E-state index in [9.17, 15) is 4.39 Å². The van der Waals surface area contributed by atoms with Crippen molar-refractivity contribution in [1.29, 1.82) is 0 Å². The second-order valence-corrected chi connectivity index (χ2v) is 9.46. The van der Waals surface area contributed by atoms with E-state index < -0.39 is 0 Å². The molecule has 5 N–H and O–H groups in total. The SMILES string of the molecule is CCc1c(CN)[nH]c2cc([NH2+]c3ncc4c(n3)-c3ccc(Cl)cc3C(c3ccccc3F)=NC4)ccc12. The van der Waals surface area contributed by atoms with Gasteiger partial charge in [-0.1, -0.05) is 36.7 Å². The summed E-state index contributed by atoms with van der Waals surface area (Å²) in [7, 11) is 0. The van der Waals surface area contributed by atoms with Gasteiger partial charge in [-0.2, -0.15) is 9.97 Å². The van der Waals surface area contributed by atoms with Gasteiger partial charge < -0.3 is 10.7 Å². The normalized spacial score (nSPS) is 12.7. The molecule has 5 aromatic rings. The molecule has 0 aliphatic carbocycles. The van der Waals surface area contributed by atoms with Crippen LogP contribution in [0.25, 0.3) is 22.2 Å². The van der Waals surface area contributed by atoms with E-state index in [1.807, 2.05) is 23.5 Å². The highest BCUT2D eigenvalue weighted by atomic mass is 35.5. The maximum Gasteiger partial charge on any atom is 0.331 e. The molecule has 0 saturated heterocycles. The van der Waals surface area contributed by atoms with Crippen LogP contribution in [0.3, 0.4) is 0 Å². The van der Waals surface area contributed by atoms with E-state index in [2.05, 4.69) is 35.1 Å². The molecule has 0 atom stereocenters. The molecule has 3 heterocycles. The average molecular weight is 512 g/mol. The molecule has 6 rings (SSSR count). The van der Waals surface area contributed by atoms with Crippen LogP contribution < -0.4 is 11.1 Å². The zero-order valence-electron chi connectivity index (χ0n) is 20.2. The van der Waals surface area contributed by atoms with Crippen LogP contribution in [0.4, 0.5) is 16.0 Å². The number of aromatic amines is 1. The molecular formula is C29H25ClFN6+. The van der Waals surface area contributed by atoms with Gasteiger partial charge >= 0.3 is 5.95 Å². The lowest BCUT2D eigenvalue weighted by atomic mass is 9.95. The number of aromatic nitrogens is 3. The predicted molar refractivity (Wildman–Crippen MR) is 145 cm³/mol. The second kappa shape index (κ2) is 9.52. The Morgan fingerprint density at radius 3 is 2.73 bits per heavy atom. The van der Waals surface area contributed by atoms with Crippen LogP contribution in [0, 0.1) is 5.82 Å². The molecule has 0 radical (unpaired) electrons. The number of fused-ring (bicyclic) bond motifs is 4. The number of aryl methyl sites for hydroxylation is 1. The quantitative estimate of drug-likeness (QED) is 0.279. The van der Waals surface area contributed by atoms with E-state index in [1.165, 1.54) is 17.0 Å². The minimum atomic E-state index is -0.332. The summed E-state index contributed by atoms with van der Waals surface area (Å²) in [6.45, 7) is 2.95. The minimum Gasteiger partial charge on any atom is -0.357 e. The van der Waals surface area contributed by atoms with Crippen molar-refractivity contribution in [2.45, 2.75) is 26.4 Å². The van der Waals surface area contributed by atoms with Crippen LogP contribution in [0.2, 0.25) is 5.02 Å². The van der Waals surface area contributed by atoms with E-state index in [1.54, 1.807) is 24.4 Å². The maximum atomic E-state index is 14.8. The van der Waals surface area contributed by atoms with Gasteiger partial charge in [0.15, 0.2) is 0 Å². The highest BCUT2D eigenvalue weighted by Crippen LogP contribution is 2.34. The first-order valence-electron chi connectivity index (χ1n) is 12.2. The number of nitrogens with one attached hydrogen (secondary N) is 1. The summed E-state index contributed by atoms with van der Waals surface area (Å²) in [6.07, 6.45) is 2.72. The summed E-state index contributed by atoms with van der Waals surface area (Å²) in [5.41, 5.74) is 14.5. The van der Waals surface area contributed by atoms with Crippen molar-refractivity contribution in [1.82, 2.24) is 15.0 Å². The van der Waals surface area contributed by atoms with Gasteiger partial charge in [-0.3, -0.25) is 4.99 Å². The number of quaternary nitrogens is 1. The lowest BCUT2D eigenvalue weighted by molar-refractivity contribution is -0.487. The standard InChI is InChI=1S/C29H24ClFN6/c1-2-19-20-10-8-18(12-25(20)36-26(19)13-32)35-29-34-15-16-14-33-28(22-5-3-4-6-24(22)31)23-11-17(30)7-9-21(23)27(16)37-29/h3-12,15,36H,2,13-14,32H2,1H3,(H,34,35,37)/p+1. The number of aliphatic imine (C=N–C) groups is 1. The zero-order valence-corrected chi connectivity index (χ0v) is 21.0. The predicted octanol–water partition coefficient (Wildman–Crippen LogP) is 5.32. The van der Waals surface area contributed by atoms with Crippen molar-refractivity contribution >= 4 is 39.9 Å². The summed E-state index contributed by atoms with van der Waals surface area (Å²) in [6, 6.07) is 18.5. The number of rotatable bonds is 5. The van der Waals surface area contributed by atoms with E-state index in [0.717, 1.165) is 45.7 Å². The Morgan fingerprint density at radius 2 is 1.92 bits per heavy atom. The Bertz CT molecular complexity index is 1690. The summed E-state index contributed by atoms with van der Waals surface area (Å²) in [4.78, 5) is 17.7. The first-order chi connectivity index (χ1) is 18.1. The van der Waals surface area contributed by atoms with Crippen molar-refractivity contribution < 1.29 is 9.71 Å². The van der Waals surface area contributed by atoms with Crippen molar-refractivity contribution in [2.75, 3.05) is 0 Å². The molecule has 1 aliphatic heterocycles. The van der Waals surface area contributed by atoms with Gasteiger partial charge in [-0.25, -0.2) is 9.71 Å². The molecule has 3 aromatic carbocycles. The first kappa shape index (κ1) is 23.5. The Labute approximate surface area is 218 Å². The van der Waals surface area contributed by atoms with E-state index in [4.69, 9.17) is 27.3 Å². The van der Waals surface area contributed by atoms with Crippen LogP contribution in [0.15, 0.2) is 71.9 Å². The fourth-order valence-electron chi connectivity index (χ4n) is 5.04. The first-order valence-corrected chi connectivity index (χ1v) is 12.6. The summed E-state index contributed by atoms with van der Waals surface area (Å²) >= 11 is 6.37. The zero-order chi connectivity index (χ0) is 25.5. The summed E-state index contributed by atoms with van der Waals surface area (Å²) in [5, 5.41) is 3.69. The smallest absolute Gasteiger partial charge is 0.331 e. The third kappa shape index (κ3) is 4.21. The molecule has 2 aromatic heterocycles. The van der Waals surface area contributed by atoms with Gasteiger partial charge in [-0.05, 0) is 42.3 Å². The fraction of sp³-hybridized carbons (Fsp3) is 0.138. The Hall–Kier alpha value is -3.91. The molecular weight excluding hydrogens is 487 g/mol. The van der Waals surface area contributed by atoms with Crippen molar-refractivity contribution in [2.24, 2.45) is 10.7 Å². The van der Waals surface area contributed by atoms with E-state index in [0.29, 0.717) is 35.3 Å². The summed E-state index contributed by atoms with van der Waals surface area (Å²) < 4.78 is 14.8. The van der Waals surface area contributed by atoms with Crippen molar-refractivity contribution in [3.63, 3.8) is 0 Å². The Kier molecular flexibility index (Phi) is 6.04. The third-order valence-corrected chi connectivity index (χ3v) is 7.02. The van der Waals surface area contributed by atoms with Gasteiger partial charge in [0.1, 0.15) is 11.5 Å². The monoisotopic (exact) mass is 511 g/mol. The van der Waals surface area contributed by atoms with Gasteiger partial charge in [0.2, 0.25) is 0 Å². The molecule has 0 amide bonds. The minimum absolute atomic E-state index is 0.332. The summed E-state index contributed by atoms with van der Waals surface area (Å²) in [5.74, 6) is 0.247. The molecule has 0 spiro atoms. The van der Waals surface area contributed by atoms with Gasteiger partial charge in [0.25, 0.3) is 0 Å². The topological polar surface area (TPSA) is 96.6 Å². The van der Waals surface area contributed by atoms with Crippen molar-refractivity contribution in [3.05, 3.63) is 106 Å². The van der Waals surface area contributed by atoms with Crippen LogP contribution in [-0.2, 0) is 19.5 Å². The Balaban J connectivity index is 1.41. The highest BCUT2D eigenvalue weighted by Gasteiger charge is 2.24. The molecule has 8 heteroatoms. The average Bonchev–Trinajstić information content (AvgIpc) is 3.19. The lowest BCUT2D eigenvalue weighted by Crippen LogP contribution is -2.72. The van der Waals surface area contributed by atoms with Gasteiger partial charge in [0, 0.05) is 63.2 Å². The number of H-pyrrole nitrogens is 1. The number of halogens is 2. The molecule has 37 heavy (non-hydrogen) atoms. The molecule has 0 fully saturated rings. The van der Waals surface area contributed by atoms with Crippen LogP contribution in [0.5, 0.6) is 0 Å². The third-order valence-electron chi connectivity index (χ3n) is 6.78. The van der Waals surface area contributed by atoms with Gasteiger partial charge in [0.05, 0.1) is 23.5 Å². The van der Waals surface area contributed by atoms with Crippen LogP contribution in [0.1, 0.15) is 34.9 Å². The van der Waals surface area contributed by atoms with Crippen LogP contribution in [-0.4, -0.2) is 20.7 Å². The number of nitrogens with zero attached hydrogens (tertiary/aromatic N) is 3. The fourth-order valence-corrected chi connectivity index (χ4v) is 5.21. The number of hydrogen-bond donors (Lipinski definition) is 3. The number of hydrogen-bond acceptors (Lipinski definition) is 4. The van der Waals surface area contributed by atoms with Crippen molar-refractivity contribution in [3.8, 4) is 11.3 Å². The lowest BCUT2D eigenvalue weighted by Gasteiger charge is -2.12. The molecule has 6 nitrogen and oxygen atoms in total. The van der Waals surface area contributed by atoms with E-state index in [-0.39, 0.29) is 5.82 Å². The molecule has 0 saturated carbocycles. The molecule has 0 bridgehead atoms. The molecule has 1 aliphatic rings. The van der Waals surface area contributed by atoms with Crippen LogP contribution >= 0.6 is 11.6 Å². The molecule has 184 valence electrons. The highest BCUT2D eigenvalue weighted by molar-refractivity contribution is 6.31. The number of benzene rings is 3. The maximum absolute atomic E-state index is 14.8. The van der Waals surface area contributed by atoms with Gasteiger partial charge in [-0.15, -0.1) is 0 Å². The second-order valence-electron chi connectivity index (χ2n) is 9.03.